The molecule has 0 aliphatic rings. The van der Waals surface area contributed by atoms with Gasteiger partial charge in [0.25, 0.3) is 0 Å². The van der Waals surface area contributed by atoms with Crippen LogP contribution in [0.1, 0.15) is 5.56 Å². The molecule has 1 N–H and O–H groups in total. The minimum Gasteiger partial charge on any atom is -0.497 e. The summed E-state index contributed by atoms with van der Waals surface area (Å²) in [5, 5.41) is 9.00. The molecular formula is C13H18BrNO2. The van der Waals surface area contributed by atoms with Crippen LogP contribution in [-0.4, -0.2) is 36.8 Å². The van der Waals surface area contributed by atoms with Gasteiger partial charge in [-0.3, -0.25) is 4.90 Å². The van der Waals surface area contributed by atoms with Gasteiger partial charge in [-0.25, -0.2) is 0 Å². The van der Waals surface area contributed by atoms with E-state index in [4.69, 9.17) is 9.84 Å². The summed E-state index contributed by atoms with van der Waals surface area (Å²) in [6.45, 7) is 6.01. The Morgan fingerprint density at radius 2 is 2.29 bits per heavy atom. The van der Waals surface area contributed by atoms with E-state index >= 15 is 0 Å². The van der Waals surface area contributed by atoms with E-state index in [9.17, 15) is 0 Å². The minimum absolute atomic E-state index is 0.148. The molecule has 0 heterocycles. The highest BCUT2D eigenvalue weighted by Gasteiger charge is 2.07. The van der Waals surface area contributed by atoms with Crippen molar-refractivity contribution in [1.82, 2.24) is 4.90 Å². The fraction of sp³-hybridized carbons (Fsp3) is 0.385. The number of methoxy groups -OCH3 is 1. The van der Waals surface area contributed by atoms with Crippen LogP contribution in [0.2, 0.25) is 0 Å². The van der Waals surface area contributed by atoms with E-state index in [0.717, 1.165) is 28.9 Å². The van der Waals surface area contributed by atoms with Gasteiger partial charge in [-0.2, -0.15) is 0 Å². The summed E-state index contributed by atoms with van der Waals surface area (Å²) in [6.07, 6.45) is 1.84. The zero-order chi connectivity index (χ0) is 12.7. The monoisotopic (exact) mass is 299 g/mol. The van der Waals surface area contributed by atoms with Crippen LogP contribution in [0.4, 0.5) is 0 Å². The number of nitrogens with zero attached hydrogens (tertiary/aromatic N) is 1. The van der Waals surface area contributed by atoms with E-state index in [2.05, 4.69) is 27.4 Å². The van der Waals surface area contributed by atoms with Crippen molar-refractivity contribution in [2.45, 2.75) is 6.54 Å². The first-order chi connectivity index (χ1) is 8.21. The number of halogens is 1. The standard InChI is InChI=1S/C13H18BrNO2/c1-3-6-15(7-8-16)10-11-9-12(17-2)4-5-13(11)14/h3-5,9,16H,1,6-8,10H2,2H3. The predicted octanol–water partition coefficient (Wildman–Crippen LogP) is 2.44. The number of benzene rings is 1. The molecule has 1 rings (SSSR count). The van der Waals surface area contributed by atoms with Crippen LogP contribution in [0.25, 0.3) is 0 Å². The molecule has 0 fully saturated rings. The molecule has 0 atom stereocenters. The van der Waals surface area contributed by atoms with Gasteiger partial charge >= 0.3 is 0 Å². The lowest BCUT2D eigenvalue weighted by Crippen LogP contribution is -2.26. The number of aliphatic hydroxyl groups excluding tert-OH is 1. The first-order valence-electron chi connectivity index (χ1n) is 5.47. The lowest BCUT2D eigenvalue weighted by molar-refractivity contribution is 0.203. The molecule has 0 saturated carbocycles. The van der Waals surface area contributed by atoms with E-state index in [-0.39, 0.29) is 6.61 Å². The van der Waals surface area contributed by atoms with Gasteiger partial charge in [-0.15, -0.1) is 6.58 Å². The van der Waals surface area contributed by atoms with Crippen molar-refractivity contribution in [2.24, 2.45) is 0 Å². The predicted molar refractivity (Wildman–Crippen MR) is 73.3 cm³/mol. The second-order valence-corrected chi connectivity index (χ2v) is 4.56. The Morgan fingerprint density at radius 3 is 2.88 bits per heavy atom. The van der Waals surface area contributed by atoms with Gasteiger partial charge in [-0.05, 0) is 23.8 Å². The fourth-order valence-electron chi connectivity index (χ4n) is 1.60. The first-order valence-corrected chi connectivity index (χ1v) is 6.27. The molecule has 0 aliphatic heterocycles. The Hall–Kier alpha value is -0.840. The molecule has 4 heteroatoms. The maximum atomic E-state index is 9.00. The Bertz CT molecular complexity index is 368. The van der Waals surface area contributed by atoms with Gasteiger partial charge < -0.3 is 9.84 Å². The molecule has 0 radical (unpaired) electrons. The second-order valence-electron chi connectivity index (χ2n) is 3.70. The largest absolute Gasteiger partial charge is 0.497 e. The lowest BCUT2D eigenvalue weighted by Gasteiger charge is -2.20. The zero-order valence-electron chi connectivity index (χ0n) is 10.0. The van der Waals surface area contributed by atoms with Crippen molar-refractivity contribution in [1.29, 1.82) is 0 Å². The van der Waals surface area contributed by atoms with Crippen LogP contribution in [-0.2, 0) is 6.54 Å². The smallest absolute Gasteiger partial charge is 0.119 e. The molecule has 1 aromatic carbocycles. The van der Waals surface area contributed by atoms with Gasteiger partial charge in [-0.1, -0.05) is 22.0 Å². The molecule has 1 aromatic rings. The maximum Gasteiger partial charge on any atom is 0.119 e. The summed E-state index contributed by atoms with van der Waals surface area (Å²) in [4.78, 5) is 2.12. The highest BCUT2D eigenvalue weighted by Crippen LogP contribution is 2.23. The normalized spacial score (nSPS) is 10.6. The quantitative estimate of drug-likeness (QED) is 0.785. The average molecular weight is 300 g/mol. The van der Waals surface area contributed by atoms with Crippen LogP contribution < -0.4 is 4.74 Å². The number of aliphatic hydroxyl groups is 1. The third-order valence-electron chi connectivity index (χ3n) is 2.45. The van der Waals surface area contributed by atoms with Crippen LogP contribution in [0.15, 0.2) is 35.3 Å². The Morgan fingerprint density at radius 1 is 1.53 bits per heavy atom. The molecule has 0 aliphatic carbocycles. The first kappa shape index (κ1) is 14.2. The van der Waals surface area contributed by atoms with E-state index in [1.165, 1.54) is 0 Å². The summed E-state index contributed by atoms with van der Waals surface area (Å²) in [7, 11) is 1.66. The van der Waals surface area contributed by atoms with Crippen molar-refractivity contribution in [3.8, 4) is 5.75 Å². The molecule has 3 nitrogen and oxygen atoms in total. The number of rotatable bonds is 7. The van der Waals surface area contributed by atoms with Crippen LogP contribution in [0.3, 0.4) is 0 Å². The van der Waals surface area contributed by atoms with Crippen LogP contribution in [0, 0.1) is 0 Å². The summed E-state index contributed by atoms with van der Waals surface area (Å²) < 4.78 is 6.25. The zero-order valence-corrected chi connectivity index (χ0v) is 11.6. The summed E-state index contributed by atoms with van der Waals surface area (Å²) >= 11 is 3.52. The van der Waals surface area contributed by atoms with Crippen LogP contribution >= 0.6 is 15.9 Å². The SMILES string of the molecule is C=CCN(CCO)Cc1cc(OC)ccc1Br. The Balaban J connectivity index is 2.79. The average Bonchev–Trinajstić information content (AvgIpc) is 2.32. The van der Waals surface area contributed by atoms with E-state index in [1.54, 1.807) is 7.11 Å². The summed E-state index contributed by atoms with van der Waals surface area (Å²) in [6, 6.07) is 5.88. The number of hydrogen-bond acceptors (Lipinski definition) is 3. The lowest BCUT2D eigenvalue weighted by atomic mass is 10.2. The van der Waals surface area contributed by atoms with Gasteiger partial charge in [0.05, 0.1) is 13.7 Å². The second kappa shape index (κ2) is 7.48. The van der Waals surface area contributed by atoms with Crippen molar-refractivity contribution >= 4 is 15.9 Å². The highest BCUT2D eigenvalue weighted by molar-refractivity contribution is 9.10. The third kappa shape index (κ3) is 4.50. The Kier molecular flexibility index (Phi) is 6.26. The summed E-state index contributed by atoms with van der Waals surface area (Å²) in [5.41, 5.74) is 1.14. The van der Waals surface area contributed by atoms with Crippen molar-refractivity contribution in [2.75, 3.05) is 26.8 Å². The molecular weight excluding hydrogens is 282 g/mol. The number of hydrogen-bond donors (Lipinski definition) is 1. The molecule has 0 bridgehead atoms. The number of ether oxygens (including phenoxy) is 1. The molecule has 17 heavy (non-hydrogen) atoms. The minimum atomic E-state index is 0.148. The van der Waals surface area contributed by atoms with E-state index < -0.39 is 0 Å². The Labute approximate surface area is 111 Å². The van der Waals surface area contributed by atoms with E-state index in [1.807, 2.05) is 24.3 Å². The van der Waals surface area contributed by atoms with Gasteiger partial charge in [0.15, 0.2) is 0 Å². The molecule has 94 valence electrons. The maximum absolute atomic E-state index is 9.00. The van der Waals surface area contributed by atoms with Crippen LogP contribution in [0.5, 0.6) is 5.75 Å². The molecule has 0 saturated heterocycles. The molecule has 0 unspecified atom stereocenters. The molecule has 0 aromatic heterocycles. The molecule has 0 amide bonds. The van der Waals surface area contributed by atoms with Gasteiger partial charge in [0.2, 0.25) is 0 Å². The van der Waals surface area contributed by atoms with Gasteiger partial charge in [0, 0.05) is 24.1 Å². The topological polar surface area (TPSA) is 32.7 Å². The third-order valence-corrected chi connectivity index (χ3v) is 3.22. The van der Waals surface area contributed by atoms with Gasteiger partial charge in [0.1, 0.15) is 5.75 Å². The van der Waals surface area contributed by atoms with Crippen molar-refractivity contribution in [3.63, 3.8) is 0 Å². The molecule has 0 spiro atoms. The fourth-order valence-corrected chi connectivity index (χ4v) is 1.97. The van der Waals surface area contributed by atoms with Crippen molar-refractivity contribution < 1.29 is 9.84 Å². The highest BCUT2D eigenvalue weighted by atomic mass is 79.9. The van der Waals surface area contributed by atoms with Crippen molar-refractivity contribution in [3.05, 3.63) is 40.9 Å². The summed E-state index contributed by atoms with van der Waals surface area (Å²) in [5.74, 6) is 0.839. The van der Waals surface area contributed by atoms with E-state index in [0.29, 0.717) is 6.54 Å².